The highest BCUT2D eigenvalue weighted by molar-refractivity contribution is 5.61. The first kappa shape index (κ1) is 9.86. The molecule has 0 aliphatic heterocycles. The fourth-order valence-electron chi connectivity index (χ4n) is 0.937. The van der Waals surface area contributed by atoms with Crippen molar-refractivity contribution in [3.05, 3.63) is 38.4 Å². The van der Waals surface area contributed by atoms with E-state index in [0.717, 1.165) is 6.07 Å². The van der Waals surface area contributed by atoms with Gasteiger partial charge in [-0.2, -0.15) is 5.90 Å². The predicted molar refractivity (Wildman–Crippen MR) is 44.6 cm³/mol. The van der Waals surface area contributed by atoms with E-state index >= 15 is 0 Å². The van der Waals surface area contributed by atoms with Crippen molar-refractivity contribution in [3.8, 4) is 5.75 Å². The number of benzene rings is 1. The smallest absolute Gasteiger partial charge is 0.389 e. The van der Waals surface area contributed by atoms with Crippen LogP contribution in [0.15, 0.2) is 18.2 Å². The molecular weight excluding hydrogens is 194 g/mol. The van der Waals surface area contributed by atoms with E-state index in [1.165, 1.54) is 12.1 Å². The minimum Gasteiger partial charge on any atom is -0.404 e. The molecule has 0 saturated carbocycles. The van der Waals surface area contributed by atoms with Crippen LogP contribution in [0.4, 0.5) is 11.4 Å². The van der Waals surface area contributed by atoms with Gasteiger partial charge in [0.2, 0.25) is 5.75 Å². The SMILES string of the molecule is NOc1cccc([N+](=O)[O-])c1[N+](=O)[O-]. The van der Waals surface area contributed by atoms with Gasteiger partial charge in [0.05, 0.1) is 9.85 Å². The first-order chi connectivity index (χ1) is 6.57. The van der Waals surface area contributed by atoms with Gasteiger partial charge in [-0.15, -0.1) is 0 Å². The summed E-state index contributed by atoms with van der Waals surface area (Å²) < 4.78 is 0. The van der Waals surface area contributed by atoms with Crippen LogP contribution in [0.2, 0.25) is 0 Å². The van der Waals surface area contributed by atoms with Gasteiger partial charge < -0.3 is 4.84 Å². The van der Waals surface area contributed by atoms with Gasteiger partial charge in [0.15, 0.2) is 0 Å². The lowest BCUT2D eigenvalue weighted by molar-refractivity contribution is -0.423. The predicted octanol–water partition coefficient (Wildman–Crippen LogP) is 0.756. The third kappa shape index (κ3) is 1.59. The van der Waals surface area contributed by atoms with Crippen molar-refractivity contribution in [1.82, 2.24) is 0 Å². The zero-order chi connectivity index (χ0) is 10.7. The molecule has 0 aromatic heterocycles. The molecule has 0 fully saturated rings. The standard InChI is InChI=1S/C6H5N3O5/c7-14-5-3-1-2-4(8(10)11)6(5)9(12)13/h1-3H,7H2. The van der Waals surface area contributed by atoms with E-state index in [0.29, 0.717) is 0 Å². The lowest BCUT2D eigenvalue weighted by atomic mass is 10.2. The van der Waals surface area contributed by atoms with Crippen LogP contribution < -0.4 is 10.7 Å². The highest BCUT2D eigenvalue weighted by atomic mass is 16.7. The molecular formula is C6H5N3O5. The molecule has 0 aliphatic rings. The van der Waals surface area contributed by atoms with Crippen LogP contribution in [0.3, 0.4) is 0 Å². The second-order valence-corrected chi connectivity index (χ2v) is 2.26. The number of nitrogens with zero attached hydrogens (tertiary/aromatic N) is 2. The molecule has 0 saturated heterocycles. The average molecular weight is 199 g/mol. The minimum atomic E-state index is -0.916. The third-order valence-electron chi connectivity index (χ3n) is 1.48. The molecule has 8 nitrogen and oxygen atoms in total. The van der Waals surface area contributed by atoms with Crippen molar-refractivity contribution < 1.29 is 14.7 Å². The summed E-state index contributed by atoms with van der Waals surface area (Å²) in [5.74, 6) is 4.39. The summed E-state index contributed by atoms with van der Waals surface area (Å²) in [6, 6.07) is 3.42. The molecule has 0 unspecified atom stereocenters. The Hall–Kier alpha value is -2.22. The van der Waals surface area contributed by atoms with Crippen molar-refractivity contribution in [3.63, 3.8) is 0 Å². The van der Waals surface area contributed by atoms with Gasteiger partial charge in [-0.05, 0) is 6.07 Å². The van der Waals surface area contributed by atoms with Gasteiger partial charge in [0.25, 0.3) is 0 Å². The first-order valence-corrected chi connectivity index (χ1v) is 3.36. The Morgan fingerprint density at radius 1 is 1.21 bits per heavy atom. The van der Waals surface area contributed by atoms with E-state index in [1.807, 2.05) is 0 Å². The van der Waals surface area contributed by atoms with Crippen molar-refractivity contribution >= 4 is 11.4 Å². The summed E-state index contributed by atoms with van der Waals surface area (Å²) in [6.07, 6.45) is 0. The fourth-order valence-corrected chi connectivity index (χ4v) is 0.937. The number of hydrogen-bond acceptors (Lipinski definition) is 6. The number of rotatable bonds is 3. The molecule has 1 rings (SSSR count). The largest absolute Gasteiger partial charge is 0.404 e. The van der Waals surface area contributed by atoms with Crippen LogP contribution in [-0.2, 0) is 0 Å². The molecule has 0 aliphatic carbocycles. The zero-order valence-corrected chi connectivity index (χ0v) is 6.75. The summed E-state index contributed by atoms with van der Waals surface area (Å²) in [7, 11) is 0. The monoisotopic (exact) mass is 199 g/mol. The van der Waals surface area contributed by atoms with Crippen molar-refractivity contribution in [2.75, 3.05) is 0 Å². The van der Waals surface area contributed by atoms with Gasteiger partial charge in [0, 0.05) is 6.07 Å². The van der Waals surface area contributed by atoms with Crippen LogP contribution in [0.1, 0.15) is 0 Å². The Kier molecular flexibility index (Phi) is 2.58. The highest BCUT2D eigenvalue weighted by Crippen LogP contribution is 2.35. The van der Waals surface area contributed by atoms with Crippen LogP contribution in [0, 0.1) is 20.2 Å². The Labute approximate surface area is 77.1 Å². The maximum absolute atomic E-state index is 10.5. The average Bonchev–Trinajstić information content (AvgIpc) is 2.16. The number of nitro benzene ring substituents is 2. The molecule has 14 heavy (non-hydrogen) atoms. The number of hydrogen-bond donors (Lipinski definition) is 1. The molecule has 0 spiro atoms. The maximum Gasteiger partial charge on any atom is 0.389 e. The number of para-hydroxylation sites is 1. The van der Waals surface area contributed by atoms with Crippen LogP contribution in [0.5, 0.6) is 5.75 Å². The van der Waals surface area contributed by atoms with Gasteiger partial charge >= 0.3 is 11.4 Å². The summed E-state index contributed by atoms with van der Waals surface area (Å²) in [6.45, 7) is 0. The van der Waals surface area contributed by atoms with Crippen molar-refractivity contribution in [2.45, 2.75) is 0 Å². The van der Waals surface area contributed by atoms with Crippen molar-refractivity contribution in [1.29, 1.82) is 0 Å². The fraction of sp³-hybridized carbons (Fsp3) is 0. The number of nitro groups is 2. The molecule has 74 valence electrons. The Bertz CT molecular complexity index is 391. The first-order valence-electron chi connectivity index (χ1n) is 3.36. The second kappa shape index (κ2) is 3.66. The molecule has 0 radical (unpaired) electrons. The van der Waals surface area contributed by atoms with E-state index < -0.39 is 21.2 Å². The van der Waals surface area contributed by atoms with Crippen LogP contribution in [0.25, 0.3) is 0 Å². The maximum atomic E-state index is 10.5. The molecule has 0 amide bonds. The molecule has 2 N–H and O–H groups in total. The molecule has 1 aromatic carbocycles. The Morgan fingerprint density at radius 2 is 1.86 bits per heavy atom. The summed E-state index contributed by atoms with van der Waals surface area (Å²) in [4.78, 5) is 23.2. The minimum absolute atomic E-state index is 0.343. The van der Waals surface area contributed by atoms with E-state index in [-0.39, 0.29) is 5.75 Å². The van der Waals surface area contributed by atoms with Gasteiger partial charge in [-0.25, -0.2) is 0 Å². The molecule has 8 heteroatoms. The highest BCUT2D eigenvalue weighted by Gasteiger charge is 2.29. The normalized spacial score (nSPS) is 9.50. The Morgan fingerprint density at radius 3 is 2.29 bits per heavy atom. The third-order valence-corrected chi connectivity index (χ3v) is 1.48. The summed E-state index contributed by atoms with van der Waals surface area (Å²) >= 11 is 0. The number of nitrogens with two attached hydrogens (primary N) is 1. The molecule has 0 atom stereocenters. The zero-order valence-electron chi connectivity index (χ0n) is 6.75. The quantitative estimate of drug-likeness (QED) is 0.566. The van der Waals surface area contributed by atoms with E-state index in [1.54, 1.807) is 0 Å². The molecule has 1 aromatic rings. The molecule has 0 heterocycles. The van der Waals surface area contributed by atoms with E-state index in [2.05, 4.69) is 4.84 Å². The van der Waals surface area contributed by atoms with Gasteiger partial charge in [-0.3, -0.25) is 20.2 Å². The lowest BCUT2D eigenvalue weighted by Crippen LogP contribution is -2.06. The van der Waals surface area contributed by atoms with Crippen LogP contribution in [-0.4, -0.2) is 9.85 Å². The van der Waals surface area contributed by atoms with Gasteiger partial charge in [0.1, 0.15) is 0 Å². The van der Waals surface area contributed by atoms with Gasteiger partial charge in [-0.1, -0.05) is 6.07 Å². The van der Waals surface area contributed by atoms with E-state index in [4.69, 9.17) is 5.90 Å². The van der Waals surface area contributed by atoms with Crippen molar-refractivity contribution in [2.24, 2.45) is 5.90 Å². The van der Waals surface area contributed by atoms with Crippen LogP contribution >= 0.6 is 0 Å². The molecule has 0 bridgehead atoms. The lowest BCUT2D eigenvalue weighted by Gasteiger charge is -1.99. The Balaban J connectivity index is 3.43. The summed E-state index contributed by atoms with van der Waals surface area (Å²) in [5.41, 5.74) is -1.40. The summed E-state index contributed by atoms with van der Waals surface area (Å²) in [5, 5.41) is 20.9. The second-order valence-electron chi connectivity index (χ2n) is 2.26. The van der Waals surface area contributed by atoms with E-state index in [9.17, 15) is 20.2 Å². The topological polar surface area (TPSA) is 122 Å².